The lowest BCUT2D eigenvalue weighted by Gasteiger charge is -2.04. The fourth-order valence-corrected chi connectivity index (χ4v) is 2.18. The van der Waals surface area contributed by atoms with Crippen molar-refractivity contribution in [3.8, 4) is 10.9 Å². The van der Waals surface area contributed by atoms with Crippen molar-refractivity contribution in [2.45, 2.75) is 13.4 Å². The maximum Gasteiger partial charge on any atom is 0.324 e. The van der Waals surface area contributed by atoms with E-state index in [-0.39, 0.29) is 6.92 Å². The molecule has 1 aliphatic rings. The molecule has 1 aromatic heterocycles. The van der Waals surface area contributed by atoms with Gasteiger partial charge in [0.05, 0.1) is 6.61 Å². The van der Waals surface area contributed by atoms with Crippen LogP contribution in [-0.4, -0.2) is 17.1 Å². The van der Waals surface area contributed by atoms with Gasteiger partial charge in [0.15, 0.2) is 0 Å². The van der Waals surface area contributed by atoms with Crippen molar-refractivity contribution >= 4 is 23.7 Å². The standard InChI is InChI=1S/C10H9BN2O2S/c1-11-9-4-8(3-2-7(9)5-14-11)15-10-13-12-6-16-10/h2-4,6H,5H2,1H3. The van der Waals surface area contributed by atoms with Crippen LogP contribution in [0.2, 0.25) is 6.82 Å². The van der Waals surface area contributed by atoms with Gasteiger partial charge in [-0.05, 0) is 23.2 Å². The minimum atomic E-state index is 0.146. The van der Waals surface area contributed by atoms with Crippen molar-refractivity contribution < 1.29 is 9.39 Å². The first-order chi connectivity index (χ1) is 7.83. The fourth-order valence-electron chi connectivity index (χ4n) is 1.76. The largest absolute Gasteiger partial charge is 0.430 e. The highest BCUT2D eigenvalue weighted by Gasteiger charge is 2.23. The summed E-state index contributed by atoms with van der Waals surface area (Å²) in [7, 11) is 0. The Morgan fingerprint density at radius 1 is 1.50 bits per heavy atom. The van der Waals surface area contributed by atoms with Gasteiger partial charge in [0.25, 0.3) is 5.19 Å². The van der Waals surface area contributed by atoms with Gasteiger partial charge < -0.3 is 9.39 Å². The minimum absolute atomic E-state index is 0.146. The van der Waals surface area contributed by atoms with E-state index in [9.17, 15) is 0 Å². The minimum Gasteiger partial charge on any atom is -0.430 e. The van der Waals surface area contributed by atoms with Crippen molar-refractivity contribution in [1.29, 1.82) is 0 Å². The number of aromatic nitrogens is 2. The summed E-state index contributed by atoms with van der Waals surface area (Å²) in [6, 6.07) is 5.98. The van der Waals surface area contributed by atoms with Gasteiger partial charge in [0.2, 0.25) is 0 Å². The van der Waals surface area contributed by atoms with Gasteiger partial charge in [-0.1, -0.05) is 29.3 Å². The number of fused-ring (bicyclic) bond motifs is 1. The molecule has 2 heterocycles. The molecule has 1 aliphatic heterocycles. The number of hydrogen-bond acceptors (Lipinski definition) is 5. The van der Waals surface area contributed by atoms with Gasteiger partial charge in [-0.25, -0.2) is 0 Å². The van der Waals surface area contributed by atoms with Crippen LogP contribution in [0, 0.1) is 0 Å². The van der Waals surface area contributed by atoms with Crippen molar-refractivity contribution in [1.82, 2.24) is 10.2 Å². The van der Waals surface area contributed by atoms with Crippen molar-refractivity contribution in [2.24, 2.45) is 0 Å². The van der Waals surface area contributed by atoms with Crippen LogP contribution in [0.15, 0.2) is 23.7 Å². The van der Waals surface area contributed by atoms with E-state index in [1.54, 1.807) is 5.51 Å². The van der Waals surface area contributed by atoms with Crippen LogP contribution in [0.3, 0.4) is 0 Å². The molecular formula is C10H9BN2O2S. The zero-order valence-corrected chi connectivity index (χ0v) is 9.53. The molecule has 6 heteroatoms. The summed E-state index contributed by atoms with van der Waals surface area (Å²) in [5, 5.41) is 8.13. The average molecular weight is 232 g/mol. The first-order valence-corrected chi connectivity index (χ1v) is 5.89. The third-order valence-electron chi connectivity index (χ3n) is 2.59. The van der Waals surface area contributed by atoms with E-state index < -0.39 is 0 Å². The molecule has 0 saturated carbocycles. The smallest absolute Gasteiger partial charge is 0.324 e. The van der Waals surface area contributed by atoms with Crippen LogP contribution in [0.4, 0.5) is 0 Å². The highest BCUT2D eigenvalue weighted by Crippen LogP contribution is 2.23. The number of hydrogen-bond donors (Lipinski definition) is 0. The van der Waals surface area contributed by atoms with Crippen LogP contribution in [0.25, 0.3) is 0 Å². The molecule has 16 heavy (non-hydrogen) atoms. The van der Waals surface area contributed by atoms with E-state index in [1.165, 1.54) is 22.4 Å². The predicted octanol–water partition coefficient (Wildman–Crippen LogP) is 1.69. The van der Waals surface area contributed by atoms with Crippen molar-refractivity contribution in [2.75, 3.05) is 0 Å². The Bertz CT molecular complexity index is 504. The summed E-state index contributed by atoms with van der Waals surface area (Å²) < 4.78 is 11.1. The molecule has 0 radical (unpaired) electrons. The van der Waals surface area contributed by atoms with Gasteiger partial charge in [-0.2, -0.15) is 0 Å². The summed E-state index contributed by atoms with van der Waals surface area (Å²) in [5.74, 6) is 0.785. The molecule has 0 unspecified atom stereocenters. The lowest BCUT2D eigenvalue weighted by atomic mass is 9.64. The maximum atomic E-state index is 5.58. The molecule has 80 valence electrons. The summed E-state index contributed by atoms with van der Waals surface area (Å²) >= 11 is 1.38. The maximum absolute atomic E-state index is 5.58. The van der Waals surface area contributed by atoms with Crippen molar-refractivity contribution in [3.63, 3.8) is 0 Å². The molecular weight excluding hydrogens is 223 g/mol. The van der Waals surface area contributed by atoms with E-state index >= 15 is 0 Å². The van der Waals surface area contributed by atoms with Crippen LogP contribution < -0.4 is 10.2 Å². The SMILES string of the molecule is CB1OCc2ccc(Oc3nncs3)cc21. The molecule has 3 rings (SSSR count). The first kappa shape index (κ1) is 9.80. The Balaban J connectivity index is 1.89. The van der Waals surface area contributed by atoms with E-state index in [1.807, 2.05) is 25.0 Å². The van der Waals surface area contributed by atoms with Gasteiger partial charge in [0, 0.05) is 0 Å². The van der Waals surface area contributed by atoms with Gasteiger partial charge in [0.1, 0.15) is 11.3 Å². The quantitative estimate of drug-likeness (QED) is 0.739. The summed E-state index contributed by atoms with van der Waals surface area (Å²) in [6.45, 7) is 2.88. The highest BCUT2D eigenvalue weighted by atomic mass is 32.1. The number of nitrogens with zero attached hydrogens (tertiary/aromatic N) is 2. The second kappa shape index (κ2) is 3.88. The summed E-state index contributed by atoms with van der Waals surface area (Å²) in [4.78, 5) is 0. The molecule has 1 aromatic carbocycles. The van der Waals surface area contributed by atoms with Gasteiger partial charge in [-0.3, -0.25) is 0 Å². The highest BCUT2D eigenvalue weighted by molar-refractivity contribution is 7.11. The zero-order chi connectivity index (χ0) is 11.0. The second-order valence-corrected chi connectivity index (χ2v) is 4.42. The fraction of sp³-hybridized carbons (Fsp3) is 0.200. The molecule has 0 fully saturated rings. The van der Waals surface area contributed by atoms with E-state index in [0.717, 1.165) is 5.75 Å². The molecule has 0 bridgehead atoms. The van der Waals surface area contributed by atoms with Crippen LogP contribution in [0.1, 0.15) is 5.56 Å². The Hall–Kier alpha value is -1.40. The Morgan fingerprint density at radius 2 is 2.44 bits per heavy atom. The third-order valence-corrected chi connectivity index (χ3v) is 3.16. The molecule has 0 spiro atoms. The van der Waals surface area contributed by atoms with Crippen LogP contribution in [-0.2, 0) is 11.3 Å². The molecule has 4 nitrogen and oxygen atoms in total. The Morgan fingerprint density at radius 3 is 3.25 bits per heavy atom. The van der Waals surface area contributed by atoms with Gasteiger partial charge in [-0.15, -0.1) is 5.10 Å². The van der Waals surface area contributed by atoms with E-state index in [4.69, 9.17) is 9.39 Å². The lowest BCUT2D eigenvalue weighted by molar-refractivity contribution is 0.333. The van der Waals surface area contributed by atoms with Crippen molar-refractivity contribution in [3.05, 3.63) is 29.3 Å². The van der Waals surface area contributed by atoms with Crippen LogP contribution in [0.5, 0.6) is 10.9 Å². The normalized spacial score (nSPS) is 13.9. The van der Waals surface area contributed by atoms with E-state index in [0.29, 0.717) is 11.8 Å². The number of rotatable bonds is 2. The monoisotopic (exact) mass is 232 g/mol. The molecule has 0 amide bonds. The first-order valence-electron chi connectivity index (χ1n) is 5.01. The number of benzene rings is 1. The lowest BCUT2D eigenvalue weighted by Crippen LogP contribution is -2.24. The molecule has 0 saturated heterocycles. The molecule has 0 atom stereocenters. The van der Waals surface area contributed by atoms with E-state index in [2.05, 4.69) is 10.2 Å². The third kappa shape index (κ3) is 1.70. The summed E-state index contributed by atoms with van der Waals surface area (Å²) in [5.41, 5.74) is 4.08. The second-order valence-electron chi connectivity index (χ2n) is 3.62. The Labute approximate surface area is 97.3 Å². The topological polar surface area (TPSA) is 44.2 Å². The van der Waals surface area contributed by atoms with Crippen LogP contribution >= 0.6 is 11.3 Å². The molecule has 0 aliphatic carbocycles. The zero-order valence-electron chi connectivity index (χ0n) is 8.71. The predicted molar refractivity (Wildman–Crippen MR) is 62.5 cm³/mol. The molecule has 2 aromatic rings. The average Bonchev–Trinajstić information content (AvgIpc) is 2.90. The number of ether oxygens (including phenoxy) is 1. The van der Waals surface area contributed by atoms with Gasteiger partial charge >= 0.3 is 6.92 Å². The Kier molecular flexibility index (Phi) is 2.38. The summed E-state index contributed by atoms with van der Waals surface area (Å²) in [6.07, 6.45) is 0. The molecule has 0 N–H and O–H groups in total.